The van der Waals surface area contributed by atoms with Crippen LogP contribution in [0, 0.1) is 24.0 Å². The lowest BCUT2D eigenvalue weighted by Crippen LogP contribution is -2.09. The first-order valence-electron chi connectivity index (χ1n) is 6.26. The monoisotopic (exact) mass is 287 g/mol. The van der Waals surface area contributed by atoms with Gasteiger partial charge in [-0.05, 0) is 19.9 Å². The number of nitro benzene ring substituents is 1. The normalized spacial score (nSPS) is 10.4. The van der Waals surface area contributed by atoms with Gasteiger partial charge in [-0.1, -0.05) is 12.1 Å². The van der Waals surface area contributed by atoms with Gasteiger partial charge in [0.2, 0.25) is 0 Å². The number of rotatable bonds is 5. The van der Waals surface area contributed by atoms with E-state index in [1.807, 2.05) is 0 Å². The molecule has 21 heavy (non-hydrogen) atoms. The molecule has 0 fully saturated rings. The van der Waals surface area contributed by atoms with Gasteiger partial charge in [-0.15, -0.1) is 0 Å². The van der Waals surface area contributed by atoms with Crippen LogP contribution in [0.2, 0.25) is 0 Å². The van der Waals surface area contributed by atoms with Crippen LogP contribution in [0.1, 0.15) is 38.7 Å². The molecule has 2 aromatic rings. The molecule has 0 N–H and O–H groups in total. The number of non-ortho nitro benzene ring substituents is 1. The SMILES string of the molecule is Cc1cc(C(=O)CC(=O)c2cccc([N+](=O)[O-])c2)c(C)o1. The Morgan fingerprint density at radius 1 is 1.19 bits per heavy atom. The van der Waals surface area contributed by atoms with Gasteiger partial charge in [0, 0.05) is 17.7 Å². The summed E-state index contributed by atoms with van der Waals surface area (Å²) in [4.78, 5) is 34.2. The number of Topliss-reactive ketones (excluding diaryl/α,β-unsaturated/α-hetero) is 2. The minimum absolute atomic E-state index is 0.149. The summed E-state index contributed by atoms with van der Waals surface area (Å²) in [6.07, 6.45) is -0.346. The molecule has 6 nitrogen and oxygen atoms in total. The molecule has 108 valence electrons. The Labute approximate surface area is 120 Å². The molecule has 0 unspecified atom stereocenters. The molecular weight excluding hydrogens is 274 g/mol. The molecule has 0 saturated heterocycles. The fraction of sp³-hybridized carbons (Fsp3) is 0.200. The van der Waals surface area contributed by atoms with E-state index in [1.165, 1.54) is 24.3 Å². The van der Waals surface area contributed by atoms with Crippen molar-refractivity contribution in [2.45, 2.75) is 20.3 Å². The highest BCUT2D eigenvalue weighted by atomic mass is 16.6. The molecule has 0 amide bonds. The highest BCUT2D eigenvalue weighted by Crippen LogP contribution is 2.18. The van der Waals surface area contributed by atoms with Crippen molar-refractivity contribution in [3.05, 3.63) is 63.1 Å². The lowest BCUT2D eigenvalue weighted by Gasteiger charge is -2.00. The zero-order chi connectivity index (χ0) is 15.6. The number of carbonyl (C=O) groups excluding carboxylic acids is 2. The van der Waals surface area contributed by atoms with Crippen molar-refractivity contribution < 1.29 is 18.9 Å². The van der Waals surface area contributed by atoms with Crippen LogP contribution in [0.15, 0.2) is 34.7 Å². The summed E-state index contributed by atoms with van der Waals surface area (Å²) in [6.45, 7) is 3.37. The molecule has 0 aliphatic rings. The Morgan fingerprint density at radius 2 is 1.90 bits per heavy atom. The van der Waals surface area contributed by atoms with E-state index in [-0.39, 0.29) is 23.5 Å². The molecule has 1 heterocycles. The van der Waals surface area contributed by atoms with E-state index in [0.717, 1.165) is 0 Å². The summed E-state index contributed by atoms with van der Waals surface area (Å²) in [5.74, 6) is 0.241. The van der Waals surface area contributed by atoms with Crippen molar-refractivity contribution >= 4 is 17.3 Å². The van der Waals surface area contributed by atoms with Crippen molar-refractivity contribution in [2.75, 3.05) is 0 Å². The largest absolute Gasteiger partial charge is 0.466 e. The van der Waals surface area contributed by atoms with Crippen LogP contribution in [-0.2, 0) is 0 Å². The second kappa shape index (κ2) is 5.70. The van der Waals surface area contributed by atoms with Crippen molar-refractivity contribution in [2.24, 2.45) is 0 Å². The number of nitro groups is 1. The van der Waals surface area contributed by atoms with Crippen LogP contribution in [0.5, 0.6) is 0 Å². The quantitative estimate of drug-likeness (QED) is 0.364. The van der Waals surface area contributed by atoms with Gasteiger partial charge in [0.25, 0.3) is 5.69 Å². The van der Waals surface area contributed by atoms with E-state index < -0.39 is 10.7 Å². The lowest BCUT2D eigenvalue weighted by molar-refractivity contribution is -0.384. The van der Waals surface area contributed by atoms with E-state index in [4.69, 9.17) is 4.42 Å². The Kier molecular flexibility index (Phi) is 3.98. The number of carbonyl (C=O) groups is 2. The van der Waals surface area contributed by atoms with Crippen molar-refractivity contribution in [3.8, 4) is 0 Å². The first kappa shape index (κ1) is 14.6. The third-order valence-corrected chi connectivity index (χ3v) is 3.04. The Hall–Kier alpha value is -2.76. The van der Waals surface area contributed by atoms with E-state index in [9.17, 15) is 19.7 Å². The zero-order valence-electron chi connectivity index (χ0n) is 11.6. The average Bonchev–Trinajstić information content (AvgIpc) is 2.77. The van der Waals surface area contributed by atoms with Crippen LogP contribution < -0.4 is 0 Å². The molecule has 0 spiro atoms. The summed E-state index contributed by atoms with van der Waals surface area (Å²) in [6, 6.07) is 6.92. The molecule has 6 heteroatoms. The van der Waals surface area contributed by atoms with Crippen LogP contribution >= 0.6 is 0 Å². The van der Waals surface area contributed by atoms with Gasteiger partial charge < -0.3 is 4.42 Å². The van der Waals surface area contributed by atoms with Crippen LogP contribution in [0.3, 0.4) is 0 Å². The number of hydrogen-bond donors (Lipinski definition) is 0. The molecule has 0 atom stereocenters. The van der Waals surface area contributed by atoms with Crippen molar-refractivity contribution in [1.29, 1.82) is 0 Å². The number of aryl methyl sites for hydroxylation is 2. The third-order valence-electron chi connectivity index (χ3n) is 3.04. The maximum absolute atomic E-state index is 12.1. The molecule has 0 bridgehead atoms. The van der Waals surface area contributed by atoms with Gasteiger partial charge in [0.05, 0.1) is 16.9 Å². The first-order chi connectivity index (χ1) is 9.88. The third kappa shape index (κ3) is 3.22. The van der Waals surface area contributed by atoms with Crippen LogP contribution in [0.25, 0.3) is 0 Å². The smallest absolute Gasteiger partial charge is 0.270 e. The topological polar surface area (TPSA) is 90.4 Å². The summed E-state index contributed by atoms with van der Waals surface area (Å²) >= 11 is 0. The number of benzene rings is 1. The highest BCUT2D eigenvalue weighted by Gasteiger charge is 2.19. The van der Waals surface area contributed by atoms with E-state index in [1.54, 1.807) is 19.9 Å². The average molecular weight is 287 g/mol. The van der Waals surface area contributed by atoms with Gasteiger partial charge >= 0.3 is 0 Å². The molecular formula is C15H13NO5. The van der Waals surface area contributed by atoms with Gasteiger partial charge in [0.15, 0.2) is 11.6 Å². The van der Waals surface area contributed by atoms with Crippen molar-refractivity contribution in [3.63, 3.8) is 0 Å². The molecule has 1 aromatic heterocycles. The molecule has 0 aliphatic heterocycles. The Bertz CT molecular complexity index is 729. The Balaban J connectivity index is 2.18. The van der Waals surface area contributed by atoms with Crippen LogP contribution in [0.4, 0.5) is 5.69 Å². The second-order valence-electron chi connectivity index (χ2n) is 4.66. The number of ketones is 2. The predicted molar refractivity (Wildman–Crippen MR) is 74.6 cm³/mol. The maximum Gasteiger partial charge on any atom is 0.270 e. The summed E-state index contributed by atoms with van der Waals surface area (Å²) in [5, 5.41) is 10.7. The summed E-state index contributed by atoms with van der Waals surface area (Å²) < 4.78 is 5.25. The summed E-state index contributed by atoms with van der Waals surface area (Å²) in [5.41, 5.74) is 0.338. The molecule has 2 rings (SSSR count). The lowest BCUT2D eigenvalue weighted by atomic mass is 10.0. The first-order valence-corrected chi connectivity index (χ1v) is 6.26. The molecule has 1 aromatic carbocycles. The zero-order valence-corrected chi connectivity index (χ0v) is 11.6. The predicted octanol–water partition coefficient (Wildman–Crippen LogP) is 3.26. The van der Waals surface area contributed by atoms with Gasteiger partial charge in [-0.25, -0.2) is 0 Å². The molecule has 0 saturated carbocycles. The van der Waals surface area contributed by atoms with Gasteiger partial charge in [-0.2, -0.15) is 0 Å². The Morgan fingerprint density at radius 3 is 2.48 bits per heavy atom. The maximum atomic E-state index is 12.1. The fourth-order valence-corrected chi connectivity index (χ4v) is 2.04. The summed E-state index contributed by atoms with van der Waals surface area (Å²) in [7, 11) is 0. The van der Waals surface area contributed by atoms with Crippen LogP contribution in [-0.4, -0.2) is 16.5 Å². The highest BCUT2D eigenvalue weighted by molar-refractivity contribution is 6.14. The minimum atomic E-state index is -0.581. The van der Waals surface area contributed by atoms with Crippen molar-refractivity contribution in [1.82, 2.24) is 0 Å². The molecule has 0 radical (unpaired) electrons. The standard InChI is InChI=1S/C15H13NO5/c1-9-6-13(10(2)21-9)15(18)8-14(17)11-4-3-5-12(7-11)16(19)20/h3-7H,8H2,1-2H3. The number of furan rings is 1. The number of hydrogen-bond acceptors (Lipinski definition) is 5. The fourth-order valence-electron chi connectivity index (χ4n) is 2.04. The minimum Gasteiger partial charge on any atom is -0.466 e. The second-order valence-corrected chi connectivity index (χ2v) is 4.66. The van der Waals surface area contributed by atoms with Gasteiger partial charge in [-0.3, -0.25) is 19.7 Å². The van der Waals surface area contributed by atoms with Gasteiger partial charge in [0.1, 0.15) is 11.5 Å². The molecule has 0 aliphatic carbocycles. The van der Waals surface area contributed by atoms with E-state index in [2.05, 4.69) is 0 Å². The van der Waals surface area contributed by atoms with E-state index in [0.29, 0.717) is 17.1 Å². The van der Waals surface area contributed by atoms with E-state index >= 15 is 0 Å². The number of nitrogens with zero attached hydrogens (tertiary/aromatic N) is 1.